The number of nitrogens with zero attached hydrogens (tertiary/aromatic N) is 3. The quantitative estimate of drug-likeness (QED) is 0.814. The fraction of sp³-hybridized carbons (Fsp3) is 0.750. The van der Waals surface area contributed by atoms with E-state index in [-0.39, 0.29) is 12.1 Å². The smallest absolute Gasteiger partial charge is 0.407 e. The number of fused-ring (bicyclic) bond motifs is 1. The molecule has 2 saturated heterocycles. The minimum atomic E-state index is -0.852. The monoisotopic (exact) mass is 307 g/mol. The molecule has 3 rings (SSSR count). The third-order valence-electron chi connectivity index (χ3n) is 5.37. The lowest BCUT2D eigenvalue weighted by atomic mass is 9.88. The van der Waals surface area contributed by atoms with E-state index in [0.717, 1.165) is 25.7 Å². The van der Waals surface area contributed by atoms with Crippen molar-refractivity contribution in [1.29, 1.82) is 0 Å². The third-order valence-corrected chi connectivity index (χ3v) is 5.37. The molecule has 0 unspecified atom stereocenters. The van der Waals surface area contributed by atoms with Gasteiger partial charge in [0.1, 0.15) is 0 Å². The highest BCUT2D eigenvalue weighted by Crippen LogP contribution is 2.37. The number of amides is 3. The van der Waals surface area contributed by atoms with E-state index < -0.39 is 6.09 Å². The molecule has 3 fully saturated rings. The standard InChI is InChI=1S/C16H25N3O3/c1-2-9-18-13-5-3-4-6-14(13)19(15(18)20)12-7-10-17(11-8-12)16(21)22/h2,12-14H,1,3-11H2,(H,21,22)/t13-,14-/m0/s1. The summed E-state index contributed by atoms with van der Waals surface area (Å²) < 4.78 is 0. The Hall–Kier alpha value is -1.72. The molecule has 0 radical (unpaired) electrons. The predicted octanol–water partition coefficient (Wildman–Crippen LogP) is 2.36. The Kier molecular flexibility index (Phi) is 4.27. The number of carbonyl (C=O) groups is 2. The number of carbonyl (C=O) groups excluding carboxylic acids is 1. The molecule has 2 atom stereocenters. The zero-order valence-corrected chi connectivity index (χ0v) is 13.0. The maximum atomic E-state index is 12.9. The van der Waals surface area contributed by atoms with E-state index in [9.17, 15) is 9.59 Å². The maximum absolute atomic E-state index is 12.9. The van der Waals surface area contributed by atoms with Crippen molar-refractivity contribution in [3.8, 4) is 0 Å². The topological polar surface area (TPSA) is 64.1 Å². The third kappa shape index (κ3) is 2.55. The molecule has 6 heteroatoms. The molecular weight excluding hydrogens is 282 g/mol. The van der Waals surface area contributed by atoms with Gasteiger partial charge in [0.15, 0.2) is 0 Å². The Bertz CT molecular complexity index is 460. The number of urea groups is 1. The van der Waals surface area contributed by atoms with Gasteiger partial charge in [0.25, 0.3) is 0 Å². The Labute approximate surface area is 131 Å². The van der Waals surface area contributed by atoms with Crippen LogP contribution >= 0.6 is 0 Å². The van der Waals surface area contributed by atoms with Gasteiger partial charge in [-0.15, -0.1) is 6.58 Å². The predicted molar refractivity (Wildman–Crippen MR) is 82.8 cm³/mol. The number of likely N-dealkylation sites (tertiary alicyclic amines) is 1. The summed E-state index contributed by atoms with van der Waals surface area (Å²) in [5, 5.41) is 9.07. The molecule has 0 bridgehead atoms. The minimum absolute atomic E-state index is 0.130. The van der Waals surface area contributed by atoms with Crippen LogP contribution in [0.15, 0.2) is 12.7 Å². The van der Waals surface area contributed by atoms with Crippen LogP contribution < -0.4 is 0 Å². The van der Waals surface area contributed by atoms with Crippen LogP contribution in [0, 0.1) is 0 Å². The highest BCUT2D eigenvalue weighted by atomic mass is 16.4. The first-order valence-corrected chi connectivity index (χ1v) is 8.31. The van der Waals surface area contributed by atoms with E-state index in [1.807, 2.05) is 4.90 Å². The van der Waals surface area contributed by atoms with Crippen molar-refractivity contribution >= 4 is 12.1 Å². The highest BCUT2D eigenvalue weighted by molar-refractivity contribution is 5.78. The van der Waals surface area contributed by atoms with Crippen LogP contribution in [0.4, 0.5) is 9.59 Å². The first-order chi connectivity index (χ1) is 10.6. The summed E-state index contributed by atoms with van der Waals surface area (Å²) in [6.45, 7) is 5.46. The molecule has 0 spiro atoms. The van der Waals surface area contributed by atoms with E-state index in [0.29, 0.717) is 31.7 Å². The second-order valence-corrected chi connectivity index (χ2v) is 6.55. The molecule has 1 saturated carbocycles. The molecule has 3 aliphatic rings. The molecule has 22 heavy (non-hydrogen) atoms. The van der Waals surface area contributed by atoms with E-state index in [4.69, 9.17) is 5.11 Å². The first-order valence-electron chi connectivity index (χ1n) is 8.31. The van der Waals surface area contributed by atoms with E-state index >= 15 is 0 Å². The summed E-state index contributed by atoms with van der Waals surface area (Å²) in [6, 6.07) is 0.938. The van der Waals surface area contributed by atoms with Crippen LogP contribution in [0.2, 0.25) is 0 Å². The van der Waals surface area contributed by atoms with Crippen LogP contribution in [0.1, 0.15) is 38.5 Å². The summed E-state index contributed by atoms with van der Waals surface area (Å²) in [7, 11) is 0. The molecule has 0 aromatic heterocycles. The Morgan fingerprint density at radius 3 is 2.41 bits per heavy atom. The van der Waals surface area contributed by atoms with Crippen LogP contribution in [0.5, 0.6) is 0 Å². The average molecular weight is 307 g/mol. The lowest BCUT2D eigenvalue weighted by molar-refractivity contribution is 0.0926. The molecule has 6 nitrogen and oxygen atoms in total. The first kappa shape index (κ1) is 15.2. The Morgan fingerprint density at radius 1 is 1.18 bits per heavy atom. The van der Waals surface area contributed by atoms with Crippen molar-refractivity contribution in [1.82, 2.24) is 14.7 Å². The van der Waals surface area contributed by atoms with Crippen molar-refractivity contribution < 1.29 is 14.7 Å². The fourth-order valence-corrected chi connectivity index (χ4v) is 4.33. The maximum Gasteiger partial charge on any atom is 0.407 e. The van der Waals surface area contributed by atoms with E-state index in [1.165, 1.54) is 17.7 Å². The Balaban J connectivity index is 1.73. The van der Waals surface area contributed by atoms with Crippen LogP contribution in [-0.4, -0.2) is 69.7 Å². The van der Waals surface area contributed by atoms with Crippen molar-refractivity contribution in [2.75, 3.05) is 19.6 Å². The summed E-state index contributed by atoms with van der Waals surface area (Å²) in [5.41, 5.74) is 0. The van der Waals surface area contributed by atoms with Gasteiger partial charge in [0.05, 0.1) is 12.1 Å². The largest absolute Gasteiger partial charge is 0.465 e. The van der Waals surface area contributed by atoms with Gasteiger partial charge in [-0.25, -0.2) is 9.59 Å². The highest BCUT2D eigenvalue weighted by Gasteiger charge is 2.48. The van der Waals surface area contributed by atoms with E-state index in [1.54, 1.807) is 6.08 Å². The lowest BCUT2D eigenvalue weighted by Gasteiger charge is -2.39. The molecule has 122 valence electrons. The molecule has 0 aromatic carbocycles. The second kappa shape index (κ2) is 6.18. The minimum Gasteiger partial charge on any atom is -0.465 e. The zero-order valence-electron chi connectivity index (χ0n) is 13.0. The van der Waals surface area contributed by atoms with Gasteiger partial charge >= 0.3 is 12.1 Å². The molecule has 2 aliphatic heterocycles. The number of piperidine rings is 1. The fourth-order valence-electron chi connectivity index (χ4n) is 4.33. The van der Waals surface area contributed by atoms with Gasteiger partial charge in [-0.1, -0.05) is 18.9 Å². The zero-order chi connectivity index (χ0) is 15.7. The molecular formula is C16H25N3O3. The normalized spacial score (nSPS) is 29.6. The average Bonchev–Trinajstić information content (AvgIpc) is 2.80. The second-order valence-electron chi connectivity index (χ2n) is 6.55. The molecule has 1 aliphatic carbocycles. The molecule has 1 N–H and O–H groups in total. The summed E-state index contributed by atoms with van der Waals surface area (Å²) >= 11 is 0. The number of carboxylic acid groups (broad SMARTS) is 1. The number of rotatable bonds is 3. The van der Waals surface area contributed by atoms with Gasteiger partial charge < -0.3 is 19.8 Å². The molecule has 0 aromatic rings. The molecule has 3 amide bonds. The van der Waals surface area contributed by atoms with Crippen molar-refractivity contribution in [3.63, 3.8) is 0 Å². The van der Waals surface area contributed by atoms with Gasteiger partial charge in [-0.2, -0.15) is 0 Å². The van der Waals surface area contributed by atoms with Gasteiger partial charge in [0.2, 0.25) is 0 Å². The summed E-state index contributed by atoms with van der Waals surface area (Å²) in [6.07, 6.45) is 6.98. The van der Waals surface area contributed by atoms with Crippen molar-refractivity contribution in [2.45, 2.75) is 56.7 Å². The number of hydrogen-bond acceptors (Lipinski definition) is 2. The summed E-state index contributed by atoms with van der Waals surface area (Å²) in [5.74, 6) is 0. The van der Waals surface area contributed by atoms with Crippen LogP contribution in [-0.2, 0) is 0 Å². The number of hydrogen-bond donors (Lipinski definition) is 1. The SMILES string of the molecule is C=CCN1C(=O)N(C2CCN(C(=O)O)CC2)[C@H]2CCCC[C@@H]21. The molecule has 2 heterocycles. The van der Waals surface area contributed by atoms with Gasteiger partial charge in [-0.05, 0) is 25.7 Å². The van der Waals surface area contributed by atoms with Gasteiger partial charge in [-0.3, -0.25) is 0 Å². The summed E-state index contributed by atoms with van der Waals surface area (Å²) in [4.78, 5) is 29.4. The van der Waals surface area contributed by atoms with E-state index in [2.05, 4.69) is 11.5 Å². The van der Waals surface area contributed by atoms with Crippen LogP contribution in [0.3, 0.4) is 0 Å². The van der Waals surface area contributed by atoms with Crippen molar-refractivity contribution in [3.05, 3.63) is 12.7 Å². The van der Waals surface area contributed by atoms with Gasteiger partial charge in [0, 0.05) is 25.7 Å². The Morgan fingerprint density at radius 2 is 1.82 bits per heavy atom. The lowest BCUT2D eigenvalue weighted by Crippen LogP contribution is -2.50. The van der Waals surface area contributed by atoms with Crippen molar-refractivity contribution in [2.24, 2.45) is 0 Å². The van der Waals surface area contributed by atoms with Crippen LogP contribution in [0.25, 0.3) is 0 Å².